The molecule has 1 aliphatic rings. The van der Waals surface area contributed by atoms with Crippen LogP contribution in [-0.4, -0.2) is 15.8 Å². The molecule has 0 amide bonds. The lowest BCUT2D eigenvalue weighted by molar-refractivity contribution is 0.957. The van der Waals surface area contributed by atoms with Gasteiger partial charge >= 0.3 is 0 Å². The number of rotatable bonds is 1. The third kappa shape index (κ3) is 1.22. The Morgan fingerprint density at radius 2 is 2.45 bits per heavy atom. The third-order valence-corrected chi connectivity index (χ3v) is 1.69. The number of hydrogen-bond acceptors (Lipinski definition) is 2. The molecule has 3 nitrogen and oxygen atoms in total. The SMILES string of the molecule is C1=NC=C(n2ccnc2)CC1. The van der Waals surface area contributed by atoms with Crippen LogP contribution in [0.2, 0.25) is 0 Å². The van der Waals surface area contributed by atoms with Crippen LogP contribution in [0, 0.1) is 0 Å². The smallest absolute Gasteiger partial charge is 0.0989 e. The van der Waals surface area contributed by atoms with Crippen molar-refractivity contribution in [1.29, 1.82) is 0 Å². The molecule has 2 heterocycles. The number of imidazole rings is 1. The molecular weight excluding hydrogens is 138 g/mol. The van der Waals surface area contributed by atoms with Gasteiger partial charge in [-0.1, -0.05) is 0 Å². The highest BCUT2D eigenvalue weighted by atomic mass is 15.0. The molecule has 0 atom stereocenters. The topological polar surface area (TPSA) is 30.2 Å². The number of allylic oxidation sites excluding steroid dienone is 1. The van der Waals surface area contributed by atoms with Crippen molar-refractivity contribution in [2.45, 2.75) is 12.8 Å². The van der Waals surface area contributed by atoms with E-state index in [4.69, 9.17) is 0 Å². The van der Waals surface area contributed by atoms with Crippen LogP contribution in [0.3, 0.4) is 0 Å². The summed E-state index contributed by atoms with van der Waals surface area (Å²) in [6.45, 7) is 0. The Hall–Kier alpha value is -1.38. The zero-order valence-corrected chi connectivity index (χ0v) is 6.14. The quantitative estimate of drug-likeness (QED) is 0.592. The predicted molar refractivity (Wildman–Crippen MR) is 44.2 cm³/mol. The molecule has 56 valence electrons. The molecular formula is C8H9N3. The van der Waals surface area contributed by atoms with Gasteiger partial charge in [0.1, 0.15) is 0 Å². The monoisotopic (exact) mass is 147 g/mol. The second-order valence-corrected chi connectivity index (χ2v) is 2.46. The second kappa shape index (κ2) is 2.70. The van der Waals surface area contributed by atoms with Gasteiger partial charge in [0.05, 0.1) is 6.33 Å². The maximum atomic E-state index is 4.08. The van der Waals surface area contributed by atoms with Crippen LogP contribution in [0.4, 0.5) is 0 Å². The fourth-order valence-electron chi connectivity index (χ4n) is 1.12. The van der Waals surface area contributed by atoms with Gasteiger partial charge in [0, 0.05) is 30.5 Å². The third-order valence-electron chi connectivity index (χ3n) is 1.69. The summed E-state index contributed by atoms with van der Waals surface area (Å²) >= 11 is 0. The highest BCUT2D eigenvalue weighted by Gasteiger charge is 2.00. The van der Waals surface area contributed by atoms with E-state index < -0.39 is 0 Å². The average Bonchev–Trinajstić information content (AvgIpc) is 2.58. The van der Waals surface area contributed by atoms with Crippen LogP contribution >= 0.6 is 0 Å². The van der Waals surface area contributed by atoms with Gasteiger partial charge < -0.3 is 4.57 Å². The molecule has 1 aliphatic heterocycles. The zero-order valence-electron chi connectivity index (χ0n) is 6.14. The van der Waals surface area contributed by atoms with Crippen LogP contribution in [-0.2, 0) is 0 Å². The van der Waals surface area contributed by atoms with Gasteiger partial charge in [0.15, 0.2) is 0 Å². The number of aliphatic imine (C=N–C) groups is 1. The van der Waals surface area contributed by atoms with Gasteiger partial charge in [-0.25, -0.2) is 4.98 Å². The first-order valence-electron chi connectivity index (χ1n) is 3.66. The van der Waals surface area contributed by atoms with Crippen molar-refractivity contribution in [1.82, 2.24) is 9.55 Å². The fraction of sp³-hybridized carbons (Fsp3) is 0.250. The first-order chi connectivity index (χ1) is 5.47. The van der Waals surface area contributed by atoms with Crippen molar-refractivity contribution in [3.63, 3.8) is 0 Å². The first kappa shape index (κ1) is 6.34. The lowest BCUT2D eigenvalue weighted by Crippen LogP contribution is -1.96. The Morgan fingerprint density at radius 1 is 1.45 bits per heavy atom. The Kier molecular flexibility index (Phi) is 1.55. The molecule has 0 aliphatic carbocycles. The molecule has 11 heavy (non-hydrogen) atoms. The van der Waals surface area contributed by atoms with Crippen LogP contribution < -0.4 is 0 Å². The van der Waals surface area contributed by atoms with E-state index in [-0.39, 0.29) is 0 Å². The Labute approximate surface area is 65.1 Å². The van der Waals surface area contributed by atoms with Crippen LogP contribution in [0.5, 0.6) is 0 Å². The molecule has 0 aromatic carbocycles. The highest BCUT2D eigenvalue weighted by Crippen LogP contribution is 2.13. The summed E-state index contributed by atoms with van der Waals surface area (Å²) in [6, 6.07) is 0. The number of hydrogen-bond donors (Lipinski definition) is 0. The normalized spacial score (nSPS) is 16.5. The van der Waals surface area contributed by atoms with Gasteiger partial charge in [-0.2, -0.15) is 0 Å². The summed E-state index contributed by atoms with van der Waals surface area (Å²) in [5, 5.41) is 0. The molecule has 0 fully saturated rings. The second-order valence-electron chi connectivity index (χ2n) is 2.46. The lowest BCUT2D eigenvalue weighted by Gasteiger charge is -2.07. The maximum Gasteiger partial charge on any atom is 0.0989 e. The summed E-state index contributed by atoms with van der Waals surface area (Å²) in [5.74, 6) is 0. The molecule has 1 aromatic rings. The first-order valence-corrected chi connectivity index (χ1v) is 3.66. The summed E-state index contributed by atoms with van der Waals surface area (Å²) in [4.78, 5) is 8.05. The summed E-state index contributed by atoms with van der Waals surface area (Å²) in [5.41, 5.74) is 1.21. The Bertz CT molecular complexity index is 282. The molecule has 0 spiro atoms. The number of aromatic nitrogens is 2. The fourth-order valence-corrected chi connectivity index (χ4v) is 1.12. The molecule has 0 N–H and O–H groups in total. The van der Waals surface area contributed by atoms with Gasteiger partial charge in [-0.05, 0) is 12.8 Å². The van der Waals surface area contributed by atoms with Crippen molar-refractivity contribution < 1.29 is 0 Å². The van der Waals surface area contributed by atoms with Crippen molar-refractivity contribution in [3.8, 4) is 0 Å². The largest absolute Gasteiger partial charge is 0.309 e. The standard InChI is InChI=1S/C8H9N3/c1-2-8(6-9-3-1)11-5-4-10-7-11/h3-7H,1-2H2. The molecule has 0 bridgehead atoms. The van der Waals surface area contributed by atoms with Crippen LogP contribution in [0.15, 0.2) is 29.9 Å². The van der Waals surface area contributed by atoms with E-state index in [1.165, 1.54) is 5.70 Å². The summed E-state index contributed by atoms with van der Waals surface area (Å²) in [6.07, 6.45) is 11.4. The van der Waals surface area contributed by atoms with Gasteiger partial charge in [0.2, 0.25) is 0 Å². The molecule has 0 saturated carbocycles. The van der Waals surface area contributed by atoms with E-state index in [0.717, 1.165) is 12.8 Å². The van der Waals surface area contributed by atoms with Gasteiger partial charge in [0.25, 0.3) is 0 Å². The maximum absolute atomic E-state index is 4.08. The zero-order chi connectivity index (χ0) is 7.52. The van der Waals surface area contributed by atoms with Crippen molar-refractivity contribution in [3.05, 3.63) is 24.9 Å². The van der Waals surface area contributed by atoms with E-state index >= 15 is 0 Å². The average molecular weight is 147 g/mol. The van der Waals surface area contributed by atoms with E-state index in [1.54, 1.807) is 12.5 Å². The van der Waals surface area contributed by atoms with Crippen LogP contribution in [0.1, 0.15) is 12.8 Å². The summed E-state index contributed by atoms with van der Waals surface area (Å²) < 4.78 is 2.00. The minimum Gasteiger partial charge on any atom is -0.309 e. The van der Waals surface area contributed by atoms with Gasteiger partial charge in [-0.3, -0.25) is 4.99 Å². The number of nitrogens with zero attached hydrogens (tertiary/aromatic N) is 3. The minimum absolute atomic E-state index is 1.03. The Morgan fingerprint density at radius 3 is 3.09 bits per heavy atom. The van der Waals surface area contributed by atoms with E-state index in [9.17, 15) is 0 Å². The van der Waals surface area contributed by atoms with Gasteiger partial charge in [-0.15, -0.1) is 0 Å². The lowest BCUT2D eigenvalue weighted by atomic mass is 10.2. The van der Waals surface area contributed by atoms with E-state index in [0.29, 0.717) is 0 Å². The molecule has 0 unspecified atom stereocenters. The van der Waals surface area contributed by atoms with E-state index in [2.05, 4.69) is 9.98 Å². The van der Waals surface area contributed by atoms with Crippen molar-refractivity contribution in [2.75, 3.05) is 0 Å². The highest BCUT2D eigenvalue weighted by molar-refractivity contribution is 5.65. The molecule has 1 aromatic heterocycles. The Balaban J connectivity index is 2.29. The minimum atomic E-state index is 1.03. The molecule has 3 heteroatoms. The van der Waals surface area contributed by atoms with Crippen molar-refractivity contribution in [2.24, 2.45) is 4.99 Å². The molecule has 0 saturated heterocycles. The van der Waals surface area contributed by atoms with E-state index in [1.807, 2.05) is 23.2 Å². The van der Waals surface area contributed by atoms with Crippen LogP contribution in [0.25, 0.3) is 5.70 Å². The molecule has 2 rings (SSSR count). The molecule has 0 radical (unpaired) electrons. The predicted octanol–water partition coefficient (Wildman–Crippen LogP) is 1.55. The summed E-state index contributed by atoms with van der Waals surface area (Å²) in [7, 11) is 0. The van der Waals surface area contributed by atoms with Crippen molar-refractivity contribution >= 4 is 11.9 Å².